The van der Waals surface area contributed by atoms with Crippen molar-refractivity contribution in [3.8, 4) is 11.5 Å². The van der Waals surface area contributed by atoms with Crippen molar-refractivity contribution in [2.75, 3.05) is 26.1 Å². The fourth-order valence-corrected chi connectivity index (χ4v) is 2.19. The van der Waals surface area contributed by atoms with Crippen molar-refractivity contribution in [1.29, 1.82) is 0 Å². The zero-order valence-corrected chi connectivity index (χ0v) is 12.6. The maximum absolute atomic E-state index is 11.0. The summed E-state index contributed by atoms with van der Waals surface area (Å²) in [5.41, 5.74) is 1.79. The van der Waals surface area contributed by atoms with Crippen molar-refractivity contribution in [3.05, 3.63) is 53.6 Å². The first-order chi connectivity index (χ1) is 10.7. The van der Waals surface area contributed by atoms with Crippen molar-refractivity contribution < 1.29 is 19.4 Å². The SMILES string of the molecule is COc1ccc(CCNc2ccccc2C(=O)[O-])cc1OC. The van der Waals surface area contributed by atoms with E-state index in [0.717, 1.165) is 12.0 Å². The molecule has 0 aromatic heterocycles. The van der Waals surface area contributed by atoms with E-state index >= 15 is 0 Å². The molecule has 1 N–H and O–H groups in total. The van der Waals surface area contributed by atoms with Crippen molar-refractivity contribution in [1.82, 2.24) is 0 Å². The van der Waals surface area contributed by atoms with Crippen molar-refractivity contribution >= 4 is 11.7 Å². The number of nitrogens with one attached hydrogen (secondary N) is 1. The molecule has 2 aromatic rings. The maximum atomic E-state index is 11.0. The Balaban J connectivity index is 2.01. The Kier molecular flexibility index (Phi) is 5.25. The van der Waals surface area contributed by atoms with Crippen LogP contribution in [-0.2, 0) is 6.42 Å². The lowest BCUT2D eigenvalue weighted by atomic mass is 10.1. The highest BCUT2D eigenvalue weighted by molar-refractivity contribution is 5.92. The number of carbonyl (C=O) groups excluding carboxylic acids is 1. The van der Waals surface area contributed by atoms with Gasteiger partial charge in [-0.2, -0.15) is 0 Å². The molecule has 5 nitrogen and oxygen atoms in total. The van der Waals surface area contributed by atoms with Crippen molar-refractivity contribution in [2.24, 2.45) is 0 Å². The number of hydrogen-bond acceptors (Lipinski definition) is 5. The molecule has 116 valence electrons. The number of rotatable bonds is 7. The van der Waals surface area contributed by atoms with Gasteiger partial charge in [0.05, 0.1) is 20.2 Å². The van der Waals surface area contributed by atoms with Crippen LogP contribution in [0.3, 0.4) is 0 Å². The number of carbonyl (C=O) groups is 1. The predicted molar refractivity (Wildman–Crippen MR) is 82.5 cm³/mol. The number of ether oxygens (including phenoxy) is 2. The molecule has 0 saturated carbocycles. The van der Waals surface area contributed by atoms with Crippen LogP contribution in [0.25, 0.3) is 0 Å². The molecule has 0 spiro atoms. The number of aromatic carboxylic acids is 1. The second kappa shape index (κ2) is 7.36. The molecule has 5 heteroatoms. The molecule has 0 aliphatic carbocycles. The van der Waals surface area contributed by atoms with Crippen LogP contribution < -0.4 is 19.9 Å². The molecule has 0 aliphatic heterocycles. The fourth-order valence-electron chi connectivity index (χ4n) is 2.19. The molecule has 0 fully saturated rings. The molecule has 0 radical (unpaired) electrons. The Labute approximate surface area is 129 Å². The highest BCUT2D eigenvalue weighted by Crippen LogP contribution is 2.27. The summed E-state index contributed by atoms with van der Waals surface area (Å²) in [5, 5.41) is 14.1. The third-order valence-electron chi connectivity index (χ3n) is 3.32. The largest absolute Gasteiger partial charge is 0.545 e. The van der Waals surface area contributed by atoms with Gasteiger partial charge < -0.3 is 24.7 Å². The standard InChI is InChI=1S/C17H19NO4/c1-21-15-8-7-12(11-16(15)22-2)9-10-18-14-6-4-3-5-13(14)17(19)20/h3-8,11,18H,9-10H2,1-2H3,(H,19,20)/p-1. The van der Waals surface area contributed by atoms with Crippen molar-refractivity contribution in [2.45, 2.75) is 6.42 Å². The van der Waals surface area contributed by atoms with Crippen LogP contribution in [0, 0.1) is 0 Å². The molecule has 0 unspecified atom stereocenters. The smallest absolute Gasteiger partial charge is 0.160 e. The van der Waals surface area contributed by atoms with Gasteiger partial charge in [-0.25, -0.2) is 0 Å². The third-order valence-corrected chi connectivity index (χ3v) is 3.32. The molecule has 2 aromatic carbocycles. The van der Waals surface area contributed by atoms with Crippen molar-refractivity contribution in [3.63, 3.8) is 0 Å². The van der Waals surface area contributed by atoms with E-state index in [1.54, 1.807) is 32.4 Å². The zero-order chi connectivity index (χ0) is 15.9. The van der Waals surface area contributed by atoms with Gasteiger partial charge in [0.15, 0.2) is 11.5 Å². The lowest BCUT2D eigenvalue weighted by Crippen LogP contribution is -2.23. The minimum absolute atomic E-state index is 0.162. The summed E-state index contributed by atoms with van der Waals surface area (Å²) >= 11 is 0. The number of benzene rings is 2. The molecule has 2 rings (SSSR count). The van der Waals surface area contributed by atoms with Gasteiger partial charge in [-0.3, -0.25) is 0 Å². The van der Waals surface area contributed by atoms with Crippen LogP contribution in [0.15, 0.2) is 42.5 Å². The highest BCUT2D eigenvalue weighted by atomic mass is 16.5. The highest BCUT2D eigenvalue weighted by Gasteiger charge is 2.05. The fraction of sp³-hybridized carbons (Fsp3) is 0.235. The first kappa shape index (κ1) is 15.7. The van der Waals surface area contributed by atoms with Gasteiger partial charge in [0, 0.05) is 17.8 Å². The summed E-state index contributed by atoms with van der Waals surface area (Å²) < 4.78 is 10.5. The maximum Gasteiger partial charge on any atom is 0.160 e. The Hall–Kier alpha value is -2.69. The third kappa shape index (κ3) is 3.69. The van der Waals surface area contributed by atoms with E-state index in [4.69, 9.17) is 9.47 Å². The lowest BCUT2D eigenvalue weighted by Gasteiger charge is -2.13. The average molecular weight is 300 g/mol. The number of methoxy groups -OCH3 is 2. The summed E-state index contributed by atoms with van der Waals surface area (Å²) in [6.45, 7) is 0.597. The van der Waals surface area contributed by atoms with Crippen LogP contribution in [0.2, 0.25) is 0 Å². The molecular formula is C17H18NO4-. The predicted octanol–water partition coefficient (Wildman–Crippen LogP) is 1.72. The second-order valence-corrected chi connectivity index (χ2v) is 4.70. The number of anilines is 1. The molecule has 0 saturated heterocycles. The second-order valence-electron chi connectivity index (χ2n) is 4.70. The Morgan fingerprint density at radius 1 is 1.09 bits per heavy atom. The molecule has 0 amide bonds. The molecular weight excluding hydrogens is 282 g/mol. The quantitative estimate of drug-likeness (QED) is 0.843. The summed E-state index contributed by atoms with van der Waals surface area (Å²) in [6, 6.07) is 12.4. The summed E-state index contributed by atoms with van der Waals surface area (Å²) in [5.74, 6) is 0.172. The van der Waals surface area contributed by atoms with Crippen LogP contribution in [-0.4, -0.2) is 26.7 Å². The van der Waals surface area contributed by atoms with E-state index in [2.05, 4.69) is 5.32 Å². The van der Waals surface area contributed by atoms with Gasteiger partial charge >= 0.3 is 0 Å². The molecule has 22 heavy (non-hydrogen) atoms. The van der Waals surface area contributed by atoms with Gasteiger partial charge in [0.2, 0.25) is 0 Å². The van der Waals surface area contributed by atoms with Gasteiger partial charge in [0.1, 0.15) is 0 Å². The topological polar surface area (TPSA) is 70.6 Å². The van der Waals surface area contributed by atoms with E-state index in [9.17, 15) is 9.90 Å². The van der Waals surface area contributed by atoms with Crippen LogP contribution in [0.4, 0.5) is 5.69 Å². The summed E-state index contributed by atoms with van der Waals surface area (Å²) in [6.07, 6.45) is 0.724. The minimum Gasteiger partial charge on any atom is -0.545 e. The van der Waals surface area contributed by atoms with Gasteiger partial charge in [-0.05, 0) is 30.2 Å². The normalized spacial score (nSPS) is 10.1. The lowest BCUT2D eigenvalue weighted by molar-refractivity contribution is -0.254. The van der Waals surface area contributed by atoms with Gasteiger partial charge in [-0.15, -0.1) is 0 Å². The summed E-state index contributed by atoms with van der Waals surface area (Å²) in [7, 11) is 3.19. The van der Waals surface area contributed by atoms with E-state index in [-0.39, 0.29) is 5.56 Å². The Morgan fingerprint density at radius 3 is 2.50 bits per heavy atom. The number of hydrogen-bond donors (Lipinski definition) is 1. The Bertz CT molecular complexity index is 655. The van der Waals surface area contributed by atoms with E-state index < -0.39 is 5.97 Å². The number of carboxylic acids is 1. The minimum atomic E-state index is -1.19. The zero-order valence-electron chi connectivity index (χ0n) is 12.6. The molecule has 0 aliphatic rings. The molecule has 0 heterocycles. The molecule has 0 bridgehead atoms. The Morgan fingerprint density at radius 2 is 1.82 bits per heavy atom. The van der Waals surface area contributed by atoms with Crippen LogP contribution in [0.1, 0.15) is 15.9 Å². The van der Waals surface area contributed by atoms with E-state index in [0.29, 0.717) is 23.7 Å². The number of para-hydroxylation sites is 1. The number of carboxylic acid groups (broad SMARTS) is 1. The van der Waals surface area contributed by atoms with Gasteiger partial charge in [-0.1, -0.05) is 24.3 Å². The summed E-state index contributed by atoms with van der Waals surface area (Å²) in [4.78, 5) is 11.0. The monoisotopic (exact) mass is 300 g/mol. The first-order valence-corrected chi connectivity index (χ1v) is 6.91. The van der Waals surface area contributed by atoms with Crippen LogP contribution in [0.5, 0.6) is 11.5 Å². The van der Waals surface area contributed by atoms with E-state index in [1.165, 1.54) is 6.07 Å². The molecule has 0 atom stereocenters. The van der Waals surface area contributed by atoms with Crippen LogP contribution >= 0.6 is 0 Å². The van der Waals surface area contributed by atoms with E-state index in [1.807, 2.05) is 18.2 Å². The first-order valence-electron chi connectivity index (χ1n) is 6.91. The average Bonchev–Trinajstić information content (AvgIpc) is 2.55. The van der Waals surface area contributed by atoms with Gasteiger partial charge in [0.25, 0.3) is 0 Å².